The fourth-order valence-electron chi connectivity index (χ4n) is 3.08. The molecular formula is C23H33N3O4. The second kappa shape index (κ2) is 11.8. The van der Waals surface area contributed by atoms with Crippen LogP contribution in [0.15, 0.2) is 35.3 Å². The molecule has 0 aromatic heterocycles. The van der Waals surface area contributed by atoms with Gasteiger partial charge in [-0.2, -0.15) is 0 Å². The largest absolute Gasteiger partial charge is 0.496 e. The van der Waals surface area contributed by atoms with E-state index in [2.05, 4.69) is 33.8 Å². The molecule has 0 aliphatic carbocycles. The first-order chi connectivity index (χ1) is 14.6. The second-order valence-corrected chi connectivity index (χ2v) is 6.71. The smallest absolute Gasteiger partial charge is 0.203 e. The molecule has 0 atom stereocenters. The van der Waals surface area contributed by atoms with Gasteiger partial charge < -0.3 is 29.6 Å². The van der Waals surface area contributed by atoms with Crippen molar-refractivity contribution < 1.29 is 18.9 Å². The molecule has 2 aromatic rings. The van der Waals surface area contributed by atoms with E-state index >= 15 is 0 Å². The van der Waals surface area contributed by atoms with Gasteiger partial charge in [0.05, 0.1) is 35.0 Å². The third-order valence-corrected chi connectivity index (χ3v) is 4.67. The first kappa shape index (κ1) is 23.2. The number of guanidine groups is 1. The molecule has 0 spiro atoms. The molecule has 0 saturated heterocycles. The predicted molar refractivity (Wildman–Crippen MR) is 120 cm³/mol. The standard InChI is InChI=1S/C23H33N3O4/c1-7-24-23(25-11-10-17-9-8-16(2)19(12-17)27-3)26-15-18-13-20(28-4)22(30-6)21(14-18)29-5/h8-9,12-14H,7,10-11,15H2,1-6H3,(H2,24,25,26). The number of rotatable bonds is 10. The lowest BCUT2D eigenvalue weighted by atomic mass is 10.1. The van der Waals surface area contributed by atoms with Gasteiger partial charge in [-0.15, -0.1) is 0 Å². The van der Waals surface area contributed by atoms with Crippen molar-refractivity contribution in [1.82, 2.24) is 10.6 Å². The van der Waals surface area contributed by atoms with Crippen LogP contribution in [-0.2, 0) is 13.0 Å². The zero-order chi connectivity index (χ0) is 21.9. The molecule has 2 aromatic carbocycles. The van der Waals surface area contributed by atoms with Crippen LogP contribution in [0, 0.1) is 6.92 Å². The fourth-order valence-corrected chi connectivity index (χ4v) is 3.08. The topological polar surface area (TPSA) is 73.3 Å². The van der Waals surface area contributed by atoms with Gasteiger partial charge in [-0.1, -0.05) is 12.1 Å². The summed E-state index contributed by atoms with van der Waals surface area (Å²) in [6, 6.07) is 10.1. The zero-order valence-electron chi connectivity index (χ0n) is 18.8. The van der Waals surface area contributed by atoms with Crippen molar-refractivity contribution in [3.63, 3.8) is 0 Å². The molecule has 0 aliphatic heterocycles. The Balaban J connectivity index is 2.05. The Labute approximate surface area is 179 Å². The molecule has 0 bridgehead atoms. The average Bonchev–Trinajstić information content (AvgIpc) is 2.77. The second-order valence-electron chi connectivity index (χ2n) is 6.71. The van der Waals surface area contributed by atoms with Gasteiger partial charge in [0.15, 0.2) is 17.5 Å². The molecule has 0 radical (unpaired) electrons. The summed E-state index contributed by atoms with van der Waals surface area (Å²) in [4.78, 5) is 4.69. The number of hydrogen-bond acceptors (Lipinski definition) is 5. The third kappa shape index (κ3) is 6.20. The summed E-state index contributed by atoms with van der Waals surface area (Å²) in [6.45, 7) is 6.10. The minimum Gasteiger partial charge on any atom is -0.496 e. The van der Waals surface area contributed by atoms with Crippen molar-refractivity contribution in [3.8, 4) is 23.0 Å². The van der Waals surface area contributed by atoms with Crippen molar-refractivity contribution in [2.75, 3.05) is 41.5 Å². The van der Waals surface area contributed by atoms with Gasteiger partial charge in [0, 0.05) is 13.1 Å². The summed E-state index contributed by atoms with van der Waals surface area (Å²) in [5.74, 6) is 3.48. The molecule has 164 valence electrons. The third-order valence-electron chi connectivity index (χ3n) is 4.67. The highest BCUT2D eigenvalue weighted by atomic mass is 16.5. The first-order valence-corrected chi connectivity index (χ1v) is 10.0. The number of aliphatic imine (C=N–C) groups is 1. The molecule has 0 heterocycles. The van der Waals surface area contributed by atoms with Crippen molar-refractivity contribution >= 4 is 5.96 Å². The number of benzene rings is 2. The summed E-state index contributed by atoms with van der Waals surface area (Å²) in [6.07, 6.45) is 0.866. The Morgan fingerprint density at radius 3 is 2.03 bits per heavy atom. The number of methoxy groups -OCH3 is 4. The van der Waals surface area contributed by atoms with E-state index in [1.807, 2.05) is 26.0 Å². The van der Waals surface area contributed by atoms with Crippen molar-refractivity contribution in [2.45, 2.75) is 26.8 Å². The van der Waals surface area contributed by atoms with Gasteiger partial charge in [0.2, 0.25) is 5.75 Å². The average molecular weight is 416 g/mol. The molecule has 0 amide bonds. The SMILES string of the molecule is CCNC(=NCc1cc(OC)c(OC)c(OC)c1)NCCc1ccc(C)c(OC)c1. The van der Waals surface area contributed by atoms with Crippen molar-refractivity contribution in [2.24, 2.45) is 4.99 Å². The summed E-state index contributed by atoms with van der Waals surface area (Å²) < 4.78 is 21.6. The maximum atomic E-state index is 5.42. The summed E-state index contributed by atoms with van der Waals surface area (Å²) >= 11 is 0. The van der Waals surface area contributed by atoms with Crippen molar-refractivity contribution in [3.05, 3.63) is 47.0 Å². The molecule has 2 rings (SSSR count). The van der Waals surface area contributed by atoms with Crippen LogP contribution < -0.4 is 29.6 Å². The van der Waals surface area contributed by atoms with E-state index in [0.717, 1.165) is 42.3 Å². The highest BCUT2D eigenvalue weighted by Crippen LogP contribution is 2.38. The molecule has 2 N–H and O–H groups in total. The van der Waals surface area contributed by atoms with Gasteiger partial charge in [0.1, 0.15) is 5.75 Å². The Morgan fingerprint density at radius 1 is 0.833 bits per heavy atom. The maximum absolute atomic E-state index is 5.42. The van der Waals surface area contributed by atoms with Crippen LogP contribution in [-0.4, -0.2) is 47.5 Å². The van der Waals surface area contributed by atoms with E-state index in [9.17, 15) is 0 Å². The van der Waals surface area contributed by atoms with E-state index in [4.69, 9.17) is 18.9 Å². The van der Waals surface area contributed by atoms with Gasteiger partial charge in [-0.25, -0.2) is 4.99 Å². The quantitative estimate of drug-likeness (QED) is 0.458. The van der Waals surface area contributed by atoms with Gasteiger partial charge >= 0.3 is 0 Å². The Morgan fingerprint density at radius 2 is 1.47 bits per heavy atom. The predicted octanol–water partition coefficient (Wildman–Crippen LogP) is 3.33. The van der Waals surface area contributed by atoms with Gasteiger partial charge in [-0.3, -0.25) is 0 Å². The molecular weight excluding hydrogens is 382 g/mol. The highest BCUT2D eigenvalue weighted by molar-refractivity contribution is 5.79. The van der Waals surface area contributed by atoms with E-state index < -0.39 is 0 Å². The number of hydrogen-bond donors (Lipinski definition) is 2. The Bertz CT molecular complexity index is 827. The van der Waals surface area contributed by atoms with Crippen LogP contribution >= 0.6 is 0 Å². The molecule has 7 heteroatoms. The minimum absolute atomic E-state index is 0.477. The first-order valence-electron chi connectivity index (χ1n) is 10.0. The summed E-state index contributed by atoms with van der Waals surface area (Å²) in [5.41, 5.74) is 3.31. The van der Waals surface area contributed by atoms with Crippen molar-refractivity contribution in [1.29, 1.82) is 0 Å². The zero-order valence-corrected chi connectivity index (χ0v) is 18.8. The number of nitrogens with one attached hydrogen (secondary N) is 2. The molecule has 0 saturated carbocycles. The van der Waals surface area contributed by atoms with E-state index in [1.54, 1.807) is 28.4 Å². The van der Waals surface area contributed by atoms with Crippen LogP contribution in [0.3, 0.4) is 0 Å². The highest BCUT2D eigenvalue weighted by Gasteiger charge is 2.13. The van der Waals surface area contributed by atoms with E-state index in [1.165, 1.54) is 5.56 Å². The molecule has 0 aliphatic rings. The lowest BCUT2D eigenvalue weighted by molar-refractivity contribution is 0.324. The molecule has 7 nitrogen and oxygen atoms in total. The van der Waals surface area contributed by atoms with E-state index in [0.29, 0.717) is 23.8 Å². The lowest BCUT2D eigenvalue weighted by Gasteiger charge is -2.14. The Hall–Kier alpha value is -3.09. The van der Waals surface area contributed by atoms with Crippen LogP contribution in [0.1, 0.15) is 23.6 Å². The van der Waals surface area contributed by atoms with Crippen LogP contribution in [0.2, 0.25) is 0 Å². The normalized spacial score (nSPS) is 11.1. The maximum Gasteiger partial charge on any atom is 0.203 e. The van der Waals surface area contributed by atoms with Gasteiger partial charge in [0.25, 0.3) is 0 Å². The summed E-state index contributed by atoms with van der Waals surface area (Å²) in [7, 11) is 6.50. The number of aryl methyl sites for hydroxylation is 1. The molecule has 30 heavy (non-hydrogen) atoms. The van der Waals surface area contributed by atoms with Crippen LogP contribution in [0.25, 0.3) is 0 Å². The monoisotopic (exact) mass is 415 g/mol. The molecule has 0 fully saturated rings. The summed E-state index contributed by atoms with van der Waals surface area (Å²) in [5, 5.41) is 6.66. The van der Waals surface area contributed by atoms with Crippen LogP contribution in [0.4, 0.5) is 0 Å². The van der Waals surface area contributed by atoms with Gasteiger partial charge in [-0.05, 0) is 55.2 Å². The Kier molecular flexibility index (Phi) is 9.12. The number of nitrogens with zero attached hydrogens (tertiary/aromatic N) is 1. The number of ether oxygens (including phenoxy) is 4. The van der Waals surface area contributed by atoms with Crippen LogP contribution in [0.5, 0.6) is 23.0 Å². The molecule has 0 unspecified atom stereocenters. The fraction of sp³-hybridized carbons (Fsp3) is 0.435. The lowest BCUT2D eigenvalue weighted by Crippen LogP contribution is -2.38. The van der Waals surface area contributed by atoms with E-state index in [-0.39, 0.29) is 0 Å². The minimum atomic E-state index is 0.477.